The number of hydrogen-bond donors (Lipinski definition) is 1. The third-order valence-electron chi connectivity index (χ3n) is 5.42. The van der Waals surface area contributed by atoms with Crippen LogP contribution in [-0.4, -0.2) is 56.1 Å². The van der Waals surface area contributed by atoms with Crippen LogP contribution in [-0.2, 0) is 30.8 Å². The van der Waals surface area contributed by atoms with E-state index in [-0.39, 0.29) is 31.8 Å². The average Bonchev–Trinajstić information content (AvgIpc) is 2.89. The lowest BCUT2D eigenvalue weighted by Gasteiger charge is -2.38. The van der Waals surface area contributed by atoms with E-state index in [2.05, 4.69) is 5.32 Å². The first kappa shape index (κ1) is 20.5. The van der Waals surface area contributed by atoms with Gasteiger partial charge in [-0.25, -0.2) is 17.5 Å². The first-order valence-electron chi connectivity index (χ1n) is 9.45. The summed E-state index contributed by atoms with van der Waals surface area (Å²) in [6, 6.07) is 10.0. The number of carbonyl (C=O) groups is 2. The summed E-state index contributed by atoms with van der Waals surface area (Å²) in [6.45, 7) is 2.54. The standard InChI is InChI=1S/C20H26N2O5S/c1-15-17(18(23)21-12-6-9-16-7-4-3-5-8-16)20(27-19(15)24)10-13-22(14-11-20)28(2,25)26/h3-5,7-8H,6,9-14H2,1-2H3,(H,21,23). The largest absolute Gasteiger partial charge is 0.450 e. The molecule has 1 saturated heterocycles. The third kappa shape index (κ3) is 4.28. The summed E-state index contributed by atoms with van der Waals surface area (Å²) >= 11 is 0. The molecule has 1 amide bonds. The van der Waals surface area contributed by atoms with Crippen LogP contribution >= 0.6 is 0 Å². The van der Waals surface area contributed by atoms with E-state index < -0.39 is 21.6 Å². The second-order valence-electron chi connectivity index (χ2n) is 7.39. The van der Waals surface area contributed by atoms with Gasteiger partial charge in [-0.15, -0.1) is 0 Å². The van der Waals surface area contributed by atoms with Gasteiger partial charge in [0.15, 0.2) is 0 Å². The number of aryl methyl sites for hydroxylation is 1. The molecule has 152 valence electrons. The van der Waals surface area contributed by atoms with Gasteiger partial charge >= 0.3 is 5.97 Å². The number of ether oxygens (including phenoxy) is 1. The summed E-state index contributed by atoms with van der Waals surface area (Å²) < 4.78 is 30.4. The topological polar surface area (TPSA) is 92.8 Å². The minimum absolute atomic E-state index is 0.226. The average molecular weight is 407 g/mol. The number of nitrogens with zero attached hydrogens (tertiary/aromatic N) is 1. The Bertz CT molecular complexity index is 884. The molecule has 0 aliphatic carbocycles. The molecule has 8 heteroatoms. The summed E-state index contributed by atoms with van der Waals surface area (Å²) in [4.78, 5) is 25.0. The van der Waals surface area contributed by atoms with Crippen LogP contribution < -0.4 is 5.32 Å². The van der Waals surface area contributed by atoms with Crippen LogP contribution in [0.5, 0.6) is 0 Å². The Morgan fingerprint density at radius 2 is 1.86 bits per heavy atom. The van der Waals surface area contributed by atoms with E-state index in [1.54, 1.807) is 6.92 Å². The monoisotopic (exact) mass is 406 g/mol. The lowest BCUT2D eigenvalue weighted by atomic mass is 9.83. The van der Waals surface area contributed by atoms with Gasteiger partial charge in [0.1, 0.15) is 5.60 Å². The molecule has 0 bridgehead atoms. The Kier molecular flexibility index (Phi) is 5.90. The van der Waals surface area contributed by atoms with Gasteiger partial charge in [0.25, 0.3) is 5.91 Å². The number of rotatable bonds is 6. The number of sulfonamides is 1. The highest BCUT2D eigenvalue weighted by molar-refractivity contribution is 7.88. The van der Waals surface area contributed by atoms with Crippen LogP contribution in [0.1, 0.15) is 31.7 Å². The molecule has 1 aromatic rings. The molecule has 0 atom stereocenters. The minimum Gasteiger partial charge on any atom is -0.450 e. The maximum Gasteiger partial charge on any atom is 0.335 e. The molecule has 2 aliphatic rings. The van der Waals surface area contributed by atoms with Gasteiger partial charge in [-0.3, -0.25) is 4.79 Å². The SMILES string of the molecule is CC1=C(C(=O)NCCCc2ccccc2)C2(CCN(S(C)(=O)=O)CC2)OC1=O. The zero-order chi connectivity index (χ0) is 20.4. The summed E-state index contributed by atoms with van der Waals surface area (Å²) in [5.74, 6) is -0.800. The van der Waals surface area contributed by atoms with Gasteiger partial charge in [0.2, 0.25) is 10.0 Å². The van der Waals surface area contributed by atoms with Gasteiger partial charge in [-0.2, -0.15) is 0 Å². The maximum atomic E-state index is 12.8. The number of esters is 1. The van der Waals surface area contributed by atoms with Crippen molar-refractivity contribution in [2.45, 2.75) is 38.2 Å². The van der Waals surface area contributed by atoms with E-state index in [1.165, 1.54) is 9.87 Å². The second-order valence-corrected chi connectivity index (χ2v) is 9.37. The summed E-state index contributed by atoms with van der Waals surface area (Å²) in [7, 11) is -3.30. The summed E-state index contributed by atoms with van der Waals surface area (Å²) in [6.07, 6.45) is 3.37. The van der Waals surface area contributed by atoms with E-state index in [9.17, 15) is 18.0 Å². The predicted molar refractivity (Wildman–Crippen MR) is 105 cm³/mol. The lowest BCUT2D eigenvalue weighted by molar-refractivity contribution is -0.150. The number of hydrogen-bond acceptors (Lipinski definition) is 5. The third-order valence-corrected chi connectivity index (χ3v) is 6.72. The number of carbonyl (C=O) groups excluding carboxylic acids is 2. The molecule has 0 aromatic heterocycles. The molecule has 2 heterocycles. The van der Waals surface area contributed by atoms with Crippen molar-refractivity contribution < 1.29 is 22.7 Å². The number of amides is 1. The molecule has 0 unspecified atom stereocenters. The van der Waals surface area contributed by atoms with Crippen LogP contribution in [0.2, 0.25) is 0 Å². The molecule has 0 saturated carbocycles. The Labute approximate surface area is 165 Å². The highest BCUT2D eigenvalue weighted by atomic mass is 32.2. The van der Waals surface area contributed by atoms with Crippen molar-refractivity contribution in [3.05, 3.63) is 47.0 Å². The predicted octanol–water partition coefficient (Wildman–Crippen LogP) is 1.40. The van der Waals surface area contributed by atoms with E-state index in [0.717, 1.165) is 19.1 Å². The van der Waals surface area contributed by atoms with Gasteiger partial charge in [0, 0.05) is 38.0 Å². The van der Waals surface area contributed by atoms with Crippen molar-refractivity contribution in [3.8, 4) is 0 Å². The molecule has 1 fully saturated rings. The molecular formula is C20H26N2O5S. The van der Waals surface area contributed by atoms with Crippen LogP contribution in [0, 0.1) is 0 Å². The zero-order valence-electron chi connectivity index (χ0n) is 16.2. The Balaban J connectivity index is 1.63. The fourth-order valence-corrected chi connectivity index (χ4v) is 4.73. The van der Waals surface area contributed by atoms with Gasteiger partial charge < -0.3 is 10.1 Å². The van der Waals surface area contributed by atoms with Gasteiger partial charge in [0.05, 0.1) is 11.8 Å². The number of benzene rings is 1. The zero-order valence-corrected chi connectivity index (χ0v) is 17.0. The Morgan fingerprint density at radius 3 is 2.46 bits per heavy atom. The number of nitrogens with one attached hydrogen (secondary N) is 1. The molecule has 3 rings (SSSR count). The molecule has 1 spiro atoms. The fourth-order valence-electron chi connectivity index (χ4n) is 3.88. The highest BCUT2D eigenvalue weighted by Gasteiger charge is 2.51. The fraction of sp³-hybridized carbons (Fsp3) is 0.500. The molecular weight excluding hydrogens is 380 g/mol. The Morgan fingerprint density at radius 1 is 1.21 bits per heavy atom. The first-order chi connectivity index (χ1) is 13.2. The molecule has 0 radical (unpaired) electrons. The van der Waals surface area contributed by atoms with Crippen molar-refractivity contribution >= 4 is 21.9 Å². The van der Waals surface area contributed by atoms with E-state index in [0.29, 0.717) is 17.7 Å². The summed E-state index contributed by atoms with van der Waals surface area (Å²) in [5, 5.41) is 2.90. The molecule has 1 aromatic carbocycles. The molecule has 2 aliphatic heterocycles. The smallest absolute Gasteiger partial charge is 0.335 e. The van der Waals surface area contributed by atoms with Crippen molar-refractivity contribution in [2.24, 2.45) is 0 Å². The van der Waals surface area contributed by atoms with E-state index in [1.807, 2.05) is 30.3 Å². The lowest BCUT2D eigenvalue weighted by Crippen LogP contribution is -2.50. The van der Waals surface area contributed by atoms with E-state index >= 15 is 0 Å². The normalized spacial score (nSPS) is 19.7. The van der Waals surface area contributed by atoms with Crippen LogP contribution in [0.3, 0.4) is 0 Å². The molecule has 1 N–H and O–H groups in total. The van der Waals surface area contributed by atoms with Crippen molar-refractivity contribution in [1.29, 1.82) is 0 Å². The van der Waals surface area contributed by atoms with Gasteiger partial charge in [-0.1, -0.05) is 30.3 Å². The van der Waals surface area contributed by atoms with Crippen molar-refractivity contribution in [3.63, 3.8) is 0 Å². The quantitative estimate of drug-likeness (QED) is 0.569. The number of piperidine rings is 1. The Hall–Kier alpha value is -2.19. The van der Waals surface area contributed by atoms with Gasteiger partial charge in [-0.05, 0) is 25.3 Å². The molecule has 28 heavy (non-hydrogen) atoms. The van der Waals surface area contributed by atoms with Crippen molar-refractivity contribution in [1.82, 2.24) is 9.62 Å². The van der Waals surface area contributed by atoms with Crippen LogP contribution in [0.15, 0.2) is 41.5 Å². The summed E-state index contributed by atoms with van der Waals surface area (Å²) in [5.41, 5.74) is 0.848. The van der Waals surface area contributed by atoms with Crippen LogP contribution in [0.4, 0.5) is 0 Å². The van der Waals surface area contributed by atoms with E-state index in [4.69, 9.17) is 4.74 Å². The second kappa shape index (κ2) is 8.05. The molecule has 7 nitrogen and oxygen atoms in total. The van der Waals surface area contributed by atoms with Crippen LogP contribution in [0.25, 0.3) is 0 Å². The maximum absolute atomic E-state index is 12.8. The first-order valence-corrected chi connectivity index (χ1v) is 11.3. The highest BCUT2D eigenvalue weighted by Crippen LogP contribution is 2.41. The van der Waals surface area contributed by atoms with Crippen molar-refractivity contribution in [2.75, 3.05) is 25.9 Å². The minimum atomic E-state index is -3.30.